The Morgan fingerprint density at radius 1 is 1.41 bits per heavy atom. The number of carbonyl (C=O) groups excluding carboxylic acids is 1. The summed E-state index contributed by atoms with van der Waals surface area (Å²) in [5.74, 6) is 0.277. The van der Waals surface area contributed by atoms with Crippen molar-refractivity contribution in [1.82, 2.24) is 10.2 Å². The smallest absolute Gasteiger partial charge is 0.224 e. The maximum atomic E-state index is 12.3. The van der Waals surface area contributed by atoms with Gasteiger partial charge in [-0.2, -0.15) is 0 Å². The Bertz CT molecular complexity index is 521. The Labute approximate surface area is 143 Å². The van der Waals surface area contributed by atoms with Crippen LogP contribution in [0.5, 0.6) is 0 Å². The number of likely N-dealkylation sites (tertiary alicyclic amines) is 1. The van der Waals surface area contributed by atoms with Gasteiger partial charge < -0.3 is 5.32 Å². The van der Waals surface area contributed by atoms with E-state index >= 15 is 0 Å². The summed E-state index contributed by atoms with van der Waals surface area (Å²) in [5, 5.41) is 4.26. The van der Waals surface area contributed by atoms with Crippen LogP contribution in [0, 0.1) is 5.92 Å². The molecule has 2 atom stereocenters. The lowest BCUT2D eigenvalue weighted by molar-refractivity contribution is -0.127. The van der Waals surface area contributed by atoms with Crippen molar-refractivity contribution in [1.29, 1.82) is 0 Å². The summed E-state index contributed by atoms with van der Waals surface area (Å²) in [4.78, 5) is 14.6. The van der Waals surface area contributed by atoms with Gasteiger partial charge in [-0.15, -0.1) is 0 Å². The van der Waals surface area contributed by atoms with Gasteiger partial charge in [0.15, 0.2) is 0 Å². The molecule has 0 bridgehead atoms. The van der Waals surface area contributed by atoms with E-state index in [1.165, 1.54) is 0 Å². The van der Waals surface area contributed by atoms with Crippen LogP contribution < -0.4 is 5.32 Å². The van der Waals surface area contributed by atoms with E-state index in [0.717, 1.165) is 44.5 Å². The SMILES string of the molecule is CCC(C)NC(=O)C1CCCN(Cc2ccc(Cl)c(Cl)c2)C1. The second-order valence-electron chi connectivity index (χ2n) is 6.14. The predicted octanol–water partition coefficient (Wildman–Crippen LogP) is 4.12. The molecule has 0 aromatic heterocycles. The fourth-order valence-corrected chi connectivity index (χ4v) is 3.09. The van der Waals surface area contributed by atoms with Gasteiger partial charge in [-0.25, -0.2) is 0 Å². The van der Waals surface area contributed by atoms with Crippen molar-refractivity contribution in [3.8, 4) is 0 Å². The molecule has 0 radical (unpaired) electrons. The van der Waals surface area contributed by atoms with E-state index < -0.39 is 0 Å². The van der Waals surface area contributed by atoms with Crippen molar-refractivity contribution in [2.45, 2.75) is 45.7 Å². The molecule has 1 amide bonds. The second-order valence-corrected chi connectivity index (χ2v) is 6.96. The first kappa shape index (κ1) is 17.6. The number of nitrogens with one attached hydrogen (secondary N) is 1. The third kappa shape index (κ3) is 4.87. The van der Waals surface area contributed by atoms with Crippen LogP contribution in [-0.4, -0.2) is 29.9 Å². The highest BCUT2D eigenvalue weighted by Crippen LogP contribution is 2.25. The molecular weight excluding hydrogens is 319 g/mol. The maximum absolute atomic E-state index is 12.3. The molecule has 1 aliphatic heterocycles. The number of amides is 1. The summed E-state index contributed by atoms with van der Waals surface area (Å²) in [6.07, 6.45) is 2.99. The largest absolute Gasteiger partial charge is 0.353 e. The lowest BCUT2D eigenvalue weighted by atomic mass is 9.96. The van der Waals surface area contributed by atoms with Gasteiger partial charge in [0.2, 0.25) is 5.91 Å². The van der Waals surface area contributed by atoms with Crippen molar-refractivity contribution >= 4 is 29.1 Å². The van der Waals surface area contributed by atoms with Crippen LogP contribution in [0.2, 0.25) is 10.0 Å². The molecule has 22 heavy (non-hydrogen) atoms. The number of rotatable bonds is 5. The summed E-state index contributed by atoms with van der Waals surface area (Å²) in [5.41, 5.74) is 1.14. The van der Waals surface area contributed by atoms with Gasteiger partial charge in [-0.3, -0.25) is 9.69 Å². The van der Waals surface area contributed by atoms with E-state index in [1.807, 2.05) is 25.1 Å². The fourth-order valence-electron chi connectivity index (χ4n) is 2.77. The van der Waals surface area contributed by atoms with Crippen LogP contribution in [0.25, 0.3) is 0 Å². The van der Waals surface area contributed by atoms with E-state index in [0.29, 0.717) is 10.0 Å². The minimum atomic E-state index is 0.0884. The van der Waals surface area contributed by atoms with Crippen LogP contribution in [0.1, 0.15) is 38.7 Å². The number of benzene rings is 1. The quantitative estimate of drug-likeness (QED) is 0.872. The highest BCUT2D eigenvalue weighted by atomic mass is 35.5. The third-order valence-corrected chi connectivity index (χ3v) is 5.01. The van der Waals surface area contributed by atoms with Gasteiger partial charge in [-0.1, -0.05) is 36.2 Å². The number of carbonyl (C=O) groups is 1. The Balaban J connectivity index is 1.92. The van der Waals surface area contributed by atoms with E-state index in [1.54, 1.807) is 0 Å². The first-order valence-electron chi connectivity index (χ1n) is 7.96. The van der Waals surface area contributed by atoms with Gasteiger partial charge in [0, 0.05) is 19.1 Å². The summed E-state index contributed by atoms with van der Waals surface area (Å²) in [6, 6.07) is 5.98. The summed E-state index contributed by atoms with van der Waals surface area (Å²) in [7, 11) is 0. The van der Waals surface area contributed by atoms with Crippen molar-refractivity contribution in [3.63, 3.8) is 0 Å². The first-order chi connectivity index (χ1) is 10.5. The van der Waals surface area contributed by atoms with Gasteiger partial charge >= 0.3 is 0 Å². The monoisotopic (exact) mass is 342 g/mol. The topological polar surface area (TPSA) is 32.3 Å². The molecule has 1 saturated heterocycles. The van der Waals surface area contributed by atoms with Crippen molar-refractivity contribution in [2.75, 3.05) is 13.1 Å². The molecule has 3 nitrogen and oxygen atoms in total. The number of piperidine rings is 1. The Morgan fingerprint density at radius 3 is 2.86 bits per heavy atom. The van der Waals surface area contributed by atoms with E-state index in [2.05, 4.69) is 17.1 Å². The fraction of sp³-hybridized carbons (Fsp3) is 0.588. The molecule has 1 aromatic rings. The van der Waals surface area contributed by atoms with Crippen LogP contribution in [0.15, 0.2) is 18.2 Å². The zero-order valence-electron chi connectivity index (χ0n) is 13.2. The molecule has 0 spiro atoms. The van der Waals surface area contributed by atoms with Crippen molar-refractivity contribution < 1.29 is 4.79 Å². The van der Waals surface area contributed by atoms with E-state index in [9.17, 15) is 4.79 Å². The Kier molecular flexibility index (Phi) is 6.54. The number of hydrogen-bond donors (Lipinski definition) is 1. The molecule has 2 unspecified atom stereocenters. The van der Waals surface area contributed by atoms with Crippen LogP contribution >= 0.6 is 23.2 Å². The van der Waals surface area contributed by atoms with Gasteiger partial charge in [0.05, 0.1) is 16.0 Å². The lowest BCUT2D eigenvalue weighted by Crippen LogP contribution is -2.44. The number of halogens is 2. The molecule has 5 heteroatoms. The first-order valence-corrected chi connectivity index (χ1v) is 8.71. The van der Waals surface area contributed by atoms with Crippen LogP contribution in [0.3, 0.4) is 0 Å². The van der Waals surface area contributed by atoms with Crippen molar-refractivity contribution in [2.24, 2.45) is 5.92 Å². The zero-order valence-corrected chi connectivity index (χ0v) is 14.8. The normalized spacial score (nSPS) is 20.6. The Morgan fingerprint density at radius 2 is 2.18 bits per heavy atom. The second kappa shape index (κ2) is 8.19. The lowest BCUT2D eigenvalue weighted by Gasteiger charge is -2.32. The molecule has 1 aromatic carbocycles. The molecule has 0 saturated carbocycles. The third-order valence-electron chi connectivity index (χ3n) is 4.27. The molecule has 0 aliphatic carbocycles. The van der Waals surface area contributed by atoms with E-state index in [-0.39, 0.29) is 17.9 Å². The minimum absolute atomic E-state index is 0.0884. The maximum Gasteiger partial charge on any atom is 0.224 e. The summed E-state index contributed by atoms with van der Waals surface area (Å²) < 4.78 is 0. The van der Waals surface area contributed by atoms with Gasteiger partial charge in [-0.05, 0) is 50.4 Å². The van der Waals surface area contributed by atoms with Crippen LogP contribution in [0.4, 0.5) is 0 Å². The van der Waals surface area contributed by atoms with Crippen LogP contribution in [-0.2, 0) is 11.3 Å². The minimum Gasteiger partial charge on any atom is -0.353 e. The number of nitrogens with zero attached hydrogens (tertiary/aromatic N) is 1. The van der Waals surface area contributed by atoms with Crippen molar-refractivity contribution in [3.05, 3.63) is 33.8 Å². The van der Waals surface area contributed by atoms with E-state index in [4.69, 9.17) is 23.2 Å². The zero-order chi connectivity index (χ0) is 16.1. The molecule has 1 heterocycles. The van der Waals surface area contributed by atoms with Gasteiger partial charge in [0.1, 0.15) is 0 Å². The molecule has 1 N–H and O–H groups in total. The summed E-state index contributed by atoms with van der Waals surface area (Å²) >= 11 is 12.0. The highest BCUT2D eigenvalue weighted by Gasteiger charge is 2.26. The molecule has 1 aliphatic rings. The Hall–Kier alpha value is -0.770. The molecule has 2 rings (SSSR count). The molecule has 1 fully saturated rings. The van der Waals surface area contributed by atoms with Gasteiger partial charge in [0.25, 0.3) is 0 Å². The molecular formula is C17H24Cl2N2O. The number of hydrogen-bond acceptors (Lipinski definition) is 2. The average molecular weight is 343 g/mol. The molecule has 122 valence electrons. The average Bonchev–Trinajstić information content (AvgIpc) is 2.51. The highest BCUT2D eigenvalue weighted by molar-refractivity contribution is 6.42. The predicted molar refractivity (Wildman–Crippen MR) is 92.4 cm³/mol. The standard InChI is InChI=1S/C17H24Cl2N2O/c1-3-12(2)20-17(22)14-5-4-8-21(11-14)10-13-6-7-15(18)16(19)9-13/h6-7,9,12,14H,3-5,8,10-11H2,1-2H3,(H,20,22). The summed E-state index contributed by atoms with van der Waals surface area (Å²) in [6.45, 7) is 6.77.